The molecule has 148 valence electrons. The average Bonchev–Trinajstić information content (AvgIpc) is 2.68. The molecule has 0 saturated carbocycles. The van der Waals surface area contributed by atoms with Crippen LogP contribution in [0.4, 0.5) is 0 Å². The lowest BCUT2D eigenvalue weighted by molar-refractivity contribution is 0.314. The summed E-state index contributed by atoms with van der Waals surface area (Å²) in [5.41, 5.74) is 1.19. The first-order valence-electron chi connectivity index (χ1n) is 8.89. The van der Waals surface area contributed by atoms with Crippen LogP contribution in [0.15, 0.2) is 64.2 Å². The Kier molecular flexibility index (Phi) is 7.01. The minimum atomic E-state index is -3.63. The fourth-order valence-corrected chi connectivity index (χ4v) is 4.62. The number of ether oxygens (including phenoxy) is 1. The van der Waals surface area contributed by atoms with Crippen molar-refractivity contribution in [1.82, 2.24) is 15.0 Å². The first-order chi connectivity index (χ1) is 13.5. The summed E-state index contributed by atoms with van der Waals surface area (Å²) >= 11 is 3.36. The molecule has 0 aliphatic heterocycles. The summed E-state index contributed by atoms with van der Waals surface area (Å²) in [6, 6.07) is 13.0. The highest BCUT2D eigenvalue weighted by molar-refractivity contribution is 9.10. The third-order valence-electron chi connectivity index (χ3n) is 4.13. The van der Waals surface area contributed by atoms with Crippen molar-refractivity contribution in [3.63, 3.8) is 0 Å². The molecule has 0 amide bonds. The summed E-state index contributed by atoms with van der Waals surface area (Å²) in [6.45, 7) is 3.95. The number of sulfonamides is 1. The number of pyridine rings is 1. The van der Waals surface area contributed by atoms with Crippen LogP contribution in [0.25, 0.3) is 10.8 Å². The van der Waals surface area contributed by atoms with Crippen molar-refractivity contribution in [2.75, 3.05) is 26.2 Å². The number of aromatic nitrogens is 1. The molecule has 6 nitrogen and oxygen atoms in total. The normalized spacial score (nSPS) is 11.6. The van der Waals surface area contributed by atoms with Gasteiger partial charge in [0.05, 0.1) is 4.90 Å². The maximum absolute atomic E-state index is 12.7. The molecular weight excluding hydrogens is 442 g/mol. The molecule has 3 rings (SSSR count). The van der Waals surface area contributed by atoms with Crippen molar-refractivity contribution in [2.45, 2.75) is 11.8 Å². The summed E-state index contributed by atoms with van der Waals surface area (Å²) in [5.74, 6) is 0.823. The molecule has 0 bridgehead atoms. The van der Waals surface area contributed by atoms with Gasteiger partial charge in [0, 0.05) is 47.3 Å². The predicted molar refractivity (Wildman–Crippen MR) is 114 cm³/mol. The van der Waals surface area contributed by atoms with E-state index in [0.29, 0.717) is 29.6 Å². The maximum atomic E-state index is 12.7. The van der Waals surface area contributed by atoms with Crippen LogP contribution in [0, 0.1) is 6.92 Å². The Morgan fingerprint density at radius 3 is 2.64 bits per heavy atom. The Labute approximate surface area is 173 Å². The quantitative estimate of drug-likeness (QED) is 0.476. The molecule has 1 heterocycles. The zero-order valence-corrected chi connectivity index (χ0v) is 17.9. The Balaban J connectivity index is 1.47. The van der Waals surface area contributed by atoms with Gasteiger partial charge in [0.2, 0.25) is 10.0 Å². The van der Waals surface area contributed by atoms with Crippen LogP contribution >= 0.6 is 15.9 Å². The Bertz CT molecular complexity index is 1040. The highest BCUT2D eigenvalue weighted by Crippen LogP contribution is 2.26. The molecule has 0 radical (unpaired) electrons. The van der Waals surface area contributed by atoms with Gasteiger partial charge >= 0.3 is 0 Å². The molecule has 2 aromatic carbocycles. The second-order valence-corrected chi connectivity index (χ2v) is 8.96. The SMILES string of the molecule is Cc1ccc(OCCNCCNS(=O)(=O)c2cc(Br)cc3cnccc23)cc1. The molecule has 0 fully saturated rings. The molecule has 0 unspecified atom stereocenters. The van der Waals surface area contributed by atoms with Gasteiger partial charge in [-0.25, -0.2) is 13.1 Å². The second-order valence-electron chi connectivity index (χ2n) is 6.31. The highest BCUT2D eigenvalue weighted by Gasteiger charge is 2.17. The van der Waals surface area contributed by atoms with E-state index in [1.165, 1.54) is 5.56 Å². The van der Waals surface area contributed by atoms with Gasteiger partial charge in [-0.15, -0.1) is 0 Å². The van der Waals surface area contributed by atoms with E-state index in [0.717, 1.165) is 11.1 Å². The molecule has 0 atom stereocenters. The van der Waals surface area contributed by atoms with Gasteiger partial charge in [0.25, 0.3) is 0 Å². The molecule has 28 heavy (non-hydrogen) atoms. The van der Waals surface area contributed by atoms with Crippen molar-refractivity contribution < 1.29 is 13.2 Å². The molecule has 0 aliphatic rings. The van der Waals surface area contributed by atoms with Gasteiger partial charge in [-0.1, -0.05) is 33.6 Å². The minimum Gasteiger partial charge on any atom is -0.492 e. The molecule has 0 aliphatic carbocycles. The smallest absolute Gasteiger partial charge is 0.241 e. The van der Waals surface area contributed by atoms with E-state index in [9.17, 15) is 8.42 Å². The zero-order chi connectivity index (χ0) is 20.0. The summed E-state index contributed by atoms with van der Waals surface area (Å²) in [5, 5.41) is 4.58. The third kappa shape index (κ3) is 5.51. The van der Waals surface area contributed by atoms with Crippen LogP contribution in [0.2, 0.25) is 0 Å². The number of halogens is 1. The number of hydrogen-bond donors (Lipinski definition) is 2. The molecule has 3 aromatic rings. The average molecular weight is 464 g/mol. The van der Waals surface area contributed by atoms with Crippen LogP contribution in [0.5, 0.6) is 5.75 Å². The largest absolute Gasteiger partial charge is 0.492 e. The van der Waals surface area contributed by atoms with Crippen LogP contribution in [-0.4, -0.2) is 39.6 Å². The lowest BCUT2D eigenvalue weighted by Gasteiger charge is -2.11. The van der Waals surface area contributed by atoms with Gasteiger partial charge in [0.15, 0.2) is 0 Å². The van der Waals surface area contributed by atoms with E-state index in [-0.39, 0.29) is 11.4 Å². The third-order valence-corrected chi connectivity index (χ3v) is 6.09. The lowest BCUT2D eigenvalue weighted by Crippen LogP contribution is -2.33. The number of nitrogens with one attached hydrogen (secondary N) is 2. The number of nitrogens with zero attached hydrogens (tertiary/aromatic N) is 1. The maximum Gasteiger partial charge on any atom is 0.241 e. The fourth-order valence-electron chi connectivity index (χ4n) is 2.71. The Morgan fingerprint density at radius 1 is 1.07 bits per heavy atom. The van der Waals surface area contributed by atoms with Crippen LogP contribution in [0.1, 0.15) is 5.56 Å². The van der Waals surface area contributed by atoms with Crippen LogP contribution in [-0.2, 0) is 10.0 Å². The number of benzene rings is 2. The van der Waals surface area contributed by atoms with E-state index in [2.05, 4.69) is 31.0 Å². The van der Waals surface area contributed by atoms with Crippen LogP contribution < -0.4 is 14.8 Å². The van der Waals surface area contributed by atoms with Gasteiger partial charge < -0.3 is 10.1 Å². The summed E-state index contributed by atoms with van der Waals surface area (Å²) in [6.07, 6.45) is 3.24. The topological polar surface area (TPSA) is 80.3 Å². The summed E-state index contributed by atoms with van der Waals surface area (Å²) in [7, 11) is -3.63. The number of rotatable bonds is 9. The van der Waals surface area contributed by atoms with Crippen molar-refractivity contribution >= 4 is 36.7 Å². The van der Waals surface area contributed by atoms with E-state index in [4.69, 9.17) is 4.74 Å². The monoisotopic (exact) mass is 463 g/mol. The van der Waals surface area contributed by atoms with E-state index < -0.39 is 10.0 Å². The molecule has 0 saturated heterocycles. The van der Waals surface area contributed by atoms with Crippen molar-refractivity contribution in [2.24, 2.45) is 0 Å². The number of hydrogen-bond acceptors (Lipinski definition) is 5. The van der Waals surface area contributed by atoms with E-state index >= 15 is 0 Å². The van der Waals surface area contributed by atoms with Gasteiger partial charge in [-0.3, -0.25) is 4.98 Å². The summed E-state index contributed by atoms with van der Waals surface area (Å²) in [4.78, 5) is 4.29. The Hall–Kier alpha value is -2.00. The zero-order valence-electron chi connectivity index (χ0n) is 15.5. The Morgan fingerprint density at radius 2 is 1.86 bits per heavy atom. The minimum absolute atomic E-state index is 0.238. The molecule has 8 heteroatoms. The highest BCUT2D eigenvalue weighted by atomic mass is 79.9. The van der Waals surface area contributed by atoms with Gasteiger partial charge in [-0.05, 0) is 37.3 Å². The van der Waals surface area contributed by atoms with Crippen molar-refractivity contribution in [3.8, 4) is 5.75 Å². The van der Waals surface area contributed by atoms with Crippen molar-refractivity contribution in [1.29, 1.82) is 0 Å². The first kappa shape index (κ1) is 20.7. The van der Waals surface area contributed by atoms with E-state index in [1.807, 2.05) is 37.3 Å². The molecular formula is C20H22BrN3O3S. The lowest BCUT2D eigenvalue weighted by atomic mass is 10.2. The fraction of sp³-hybridized carbons (Fsp3) is 0.250. The second kappa shape index (κ2) is 9.47. The van der Waals surface area contributed by atoms with E-state index in [1.54, 1.807) is 24.5 Å². The molecule has 1 aromatic heterocycles. The van der Waals surface area contributed by atoms with Gasteiger partial charge in [-0.2, -0.15) is 0 Å². The summed E-state index contributed by atoms with van der Waals surface area (Å²) < 4.78 is 34.3. The number of fused-ring (bicyclic) bond motifs is 1. The molecule has 0 spiro atoms. The van der Waals surface area contributed by atoms with Crippen molar-refractivity contribution in [3.05, 3.63) is 64.9 Å². The standard InChI is InChI=1S/C20H22BrN3O3S/c1-15-2-4-18(5-3-15)27-11-10-22-8-9-24-28(25,26)20-13-17(21)12-16-14-23-7-6-19(16)20/h2-7,12-14,22,24H,8-11H2,1H3. The van der Waals surface area contributed by atoms with Crippen LogP contribution in [0.3, 0.4) is 0 Å². The van der Waals surface area contributed by atoms with Gasteiger partial charge in [0.1, 0.15) is 12.4 Å². The number of aryl methyl sites for hydroxylation is 1. The first-order valence-corrected chi connectivity index (χ1v) is 11.2. The molecule has 2 N–H and O–H groups in total. The predicted octanol–water partition coefficient (Wildman–Crippen LogP) is 3.25.